The molecule has 0 bridgehead atoms. The maximum absolute atomic E-state index is 11.2. The van der Waals surface area contributed by atoms with Crippen LogP contribution in [0, 0.1) is 46.3 Å². The molecular formula is C23H32O2. The highest BCUT2D eigenvalue weighted by Crippen LogP contribution is 2.75. The highest BCUT2D eigenvalue weighted by Gasteiger charge is 2.69. The lowest BCUT2D eigenvalue weighted by molar-refractivity contribution is -0.137. The molecule has 2 heteroatoms. The number of carboxylic acids is 1. The molecule has 0 aromatic heterocycles. The van der Waals surface area contributed by atoms with Crippen LogP contribution in [0.2, 0.25) is 0 Å². The molecule has 3 fully saturated rings. The number of rotatable bonds is 3. The molecule has 2 nitrogen and oxygen atoms in total. The number of fused-ring (bicyclic) bond motifs is 7. The van der Waals surface area contributed by atoms with E-state index < -0.39 is 5.97 Å². The second-order valence-electron chi connectivity index (χ2n) is 10.2. The summed E-state index contributed by atoms with van der Waals surface area (Å²) in [5.41, 5.74) is 2.42. The fourth-order valence-corrected chi connectivity index (χ4v) is 8.12. The summed E-state index contributed by atoms with van der Waals surface area (Å²) in [6.45, 7) is 5.07. The summed E-state index contributed by atoms with van der Waals surface area (Å²) in [5.74, 6) is 4.14. The first-order valence-electron chi connectivity index (χ1n) is 10.6. The first-order chi connectivity index (χ1) is 11.9. The highest BCUT2D eigenvalue weighted by atomic mass is 16.4. The Kier molecular flexibility index (Phi) is 3.38. The number of hydrogen-bond acceptors (Lipinski definition) is 1. The third kappa shape index (κ3) is 2.12. The van der Waals surface area contributed by atoms with E-state index in [1.807, 2.05) is 0 Å². The summed E-state index contributed by atoms with van der Waals surface area (Å²) < 4.78 is 0. The van der Waals surface area contributed by atoms with Gasteiger partial charge in [0.25, 0.3) is 0 Å². The van der Waals surface area contributed by atoms with E-state index >= 15 is 0 Å². The zero-order valence-electron chi connectivity index (χ0n) is 15.7. The normalized spacial score (nSPS) is 52.5. The molecule has 8 atom stereocenters. The minimum Gasteiger partial charge on any atom is -0.481 e. The quantitative estimate of drug-likeness (QED) is 0.741. The van der Waals surface area contributed by atoms with Gasteiger partial charge < -0.3 is 5.11 Å². The predicted octanol–water partition coefficient (Wildman–Crippen LogP) is 5.45. The van der Waals surface area contributed by atoms with Crippen molar-refractivity contribution in [3.05, 3.63) is 23.8 Å². The molecule has 25 heavy (non-hydrogen) atoms. The van der Waals surface area contributed by atoms with Gasteiger partial charge in [-0.2, -0.15) is 0 Å². The Morgan fingerprint density at radius 3 is 2.92 bits per heavy atom. The molecule has 136 valence electrons. The lowest BCUT2D eigenvalue weighted by atomic mass is 9.47. The fourth-order valence-electron chi connectivity index (χ4n) is 8.12. The van der Waals surface area contributed by atoms with Gasteiger partial charge >= 0.3 is 5.97 Å². The van der Waals surface area contributed by atoms with Crippen molar-refractivity contribution >= 4 is 5.97 Å². The molecule has 0 aromatic carbocycles. The van der Waals surface area contributed by atoms with Crippen molar-refractivity contribution in [1.29, 1.82) is 0 Å². The van der Waals surface area contributed by atoms with Gasteiger partial charge in [0.15, 0.2) is 0 Å². The summed E-state index contributed by atoms with van der Waals surface area (Å²) in [4.78, 5) is 11.2. The molecule has 5 rings (SSSR count). The Balaban J connectivity index is 1.47. The Morgan fingerprint density at radius 2 is 2.12 bits per heavy atom. The second-order valence-corrected chi connectivity index (χ2v) is 10.2. The van der Waals surface area contributed by atoms with Crippen LogP contribution in [-0.4, -0.2) is 11.1 Å². The lowest BCUT2D eigenvalue weighted by Crippen LogP contribution is -2.49. The molecule has 0 radical (unpaired) electrons. The van der Waals surface area contributed by atoms with E-state index in [4.69, 9.17) is 0 Å². The van der Waals surface area contributed by atoms with E-state index in [0.29, 0.717) is 23.2 Å². The SMILES string of the molecule is C[C@]12CC[C@H]3[C@@H](C=CC4=CCCC[C@@]43C)[C@@H]1C1CC1[C@H]2CCC(=O)O. The Morgan fingerprint density at radius 1 is 1.28 bits per heavy atom. The monoisotopic (exact) mass is 340 g/mol. The number of allylic oxidation sites excluding steroid dienone is 4. The van der Waals surface area contributed by atoms with Crippen LogP contribution < -0.4 is 0 Å². The minimum absolute atomic E-state index is 0.366. The van der Waals surface area contributed by atoms with E-state index in [9.17, 15) is 9.90 Å². The summed E-state index contributed by atoms with van der Waals surface area (Å²) in [5, 5.41) is 9.19. The maximum Gasteiger partial charge on any atom is 0.303 e. The van der Waals surface area contributed by atoms with Gasteiger partial charge in [-0.05, 0) is 96.9 Å². The van der Waals surface area contributed by atoms with Crippen molar-refractivity contribution in [2.75, 3.05) is 0 Å². The second kappa shape index (κ2) is 5.24. The summed E-state index contributed by atoms with van der Waals surface area (Å²) >= 11 is 0. The molecule has 2 unspecified atom stereocenters. The van der Waals surface area contributed by atoms with Gasteiger partial charge in [-0.1, -0.05) is 32.1 Å². The molecule has 1 N–H and O–H groups in total. The molecule has 0 saturated heterocycles. The molecule has 5 aliphatic rings. The third-order valence-corrected chi connectivity index (χ3v) is 9.26. The van der Waals surface area contributed by atoms with Crippen LogP contribution in [0.1, 0.15) is 65.2 Å². The Labute approximate surface area is 151 Å². The molecule has 0 amide bonds. The topological polar surface area (TPSA) is 37.3 Å². The van der Waals surface area contributed by atoms with Crippen LogP contribution in [0.5, 0.6) is 0 Å². The van der Waals surface area contributed by atoms with E-state index in [-0.39, 0.29) is 0 Å². The van der Waals surface area contributed by atoms with Gasteiger partial charge in [-0.25, -0.2) is 0 Å². The molecule has 0 heterocycles. The third-order valence-electron chi connectivity index (χ3n) is 9.26. The first-order valence-corrected chi connectivity index (χ1v) is 10.6. The minimum atomic E-state index is -0.611. The standard InChI is InChI=1S/C23H32O2/c1-22-11-4-3-5-14(22)6-7-15-19(22)10-12-23(2)18(8-9-20(24)25)16-13-17(16)21(15)23/h5-7,15-19,21H,3-4,8-13H2,1-2H3,(H,24,25)/t15-,16?,17?,18-,19+,21-,22+,23-/m1/s1. The number of hydrogen-bond donors (Lipinski definition) is 1. The van der Waals surface area contributed by atoms with E-state index in [1.165, 1.54) is 38.5 Å². The van der Waals surface area contributed by atoms with Gasteiger partial charge in [0.05, 0.1) is 0 Å². The van der Waals surface area contributed by atoms with Gasteiger partial charge in [0.2, 0.25) is 0 Å². The molecular weight excluding hydrogens is 308 g/mol. The van der Waals surface area contributed by atoms with Crippen molar-refractivity contribution < 1.29 is 9.90 Å². The van der Waals surface area contributed by atoms with E-state index in [1.54, 1.807) is 5.57 Å². The Bertz CT molecular complexity index is 661. The molecule has 5 aliphatic carbocycles. The van der Waals surface area contributed by atoms with Gasteiger partial charge in [-0.3, -0.25) is 4.79 Å². The van der Waals surface area contributed by atoms with Gasteiger partial charge in [0, 0.05) is 6.42 Å². The zero-order chi connectivity index (χ0) is 17.4. The molecule has 0 aromatic rings. The van der Waals surface area contributed by atoms with Gasteiger partial charge in [-0.15, -0.1) is 0 Å². The first kappa shape index (κ1) is 16.1. The molecule has 3 saturated carbocycles. The summed E-state index contributed by atoms with van der Waals surface area (Å²) in [7, 11) is 0. The van der Waals surface area contributed by atoms with Crippen molar-refractivity contribution in [2.24, 2.45) is 46.3 Å². The average Bonchev–Trinajstić information content (AvgIpc) is 3.28. The lowest BCUT2D eigenvalue weighted by Gasteiger charge is -2.57. The van der Waals surface area contributed by atoms with E-state index in [0.717, 1.165) is 36.0 Å². The zero-order valence-corrected chi connectivity index (χ0v) is 15.7. The van der Waals surface area contributed by atoms with Crippen molar-refractivity contribution in [1.82, 2.24) is 0 Å². The molecule has 0 aliphatic heterocycles. The molecule has 0 spiro atoms. The van der Waals surface area contributed by atoms with Crippen LogP contribution >= 0.6 is 0 Å². The van der Waals surface area contributed by atoms with Crippen LogP contribution in [-0.2, 0) is 4.79 Å². The summed E-state index contributed by atoms with van der Waals surface area (Å²) in [6.07, 6.45) is 16.9. The van der Waals surface area contributed by atoms with E-state index in [2.05, 4.69) is 32.1 Å². The largest absolute Gasteiger partial charge is 0.481 e. The average molecular weight is 341 g/mol. The van der Waals surface area contributed by atoms with Gasteiger partial charge in [0.1, 0.15) is 0 Å². The van der Waals surface area contributed by atoms with Crippen LogP contribution in [0.3, 0.4) is 0 Å². The fraction of sp³-hybridized carbons (Fsp3) is 0.783. The van der Waals surface area contributed by atoms with Crippen molar-refractivity contribution in [2.45, 2.75) is 65.2 Å². The number of carboxylic acid groups (broad SMARTS) is 1. The predicted molar refractivity (Wildman–Crippen MR) is 98.9 cm³/mol. The van der Waals surface area contributed by atoms with Crippen molar-refractivity contribution in [3.8, 4) is 0 Å². The summed E-state index contributed by atoms with van der Waals surface area (Å²) in [6, 6.07) is 0. The maximum atomic E-state index is 11.2. The highest BCUT2D eigenvalue weighted by molar-refractivity contribution is 5.66. The number of carbonyl (C=O) groups is 1. The van der Waals surface area contributed by atoms with Crippen LogP contribution in [0.4, 0.5) is 0 Å². The van der Waals surface area contributed by atoms with Crippen LogP contribution in [0.15, 0.2) is 23.8 Å². The Hall–Kier alpha value is -1.05. The number of aliphatic carboxylic acids is 1. The van der Waals surface area contributed by atoms with Crippen LogP contribution in [0.25, 0.3) is 0 Å². The van der Waals surface area contributed by atoms with Crippen molar-refractivity contribution in [3.63, 3.8) is 0 Å². The smallest absolute Gasteiger partial charge is 0.303 e.